The fourth-order valence-corrected chi connectivity index (χ4v) is 3.49. The first kappa shape index (κ1) is 18.9. The lowest BCUT2D eigenvalue weighted by Crippen LogP contribution is -2.41. The second kappa shape index (κ2) is 8.20. The van der Waals surface area contributed by atoms with Crippen molar-refractivity contribution < 1.29 is 23.7 Å². The monoisotopic (exact) mass is 371 g/mol. The van der Waals surface area contributed by atoms with Crippen molar-refractivity contribution in [1.29, 1.82) is 0 Å². The smallest absolute Gasteiger partial charge is 0.220 e. The number of benzene rings is 2. The molecule has 0 saturated heterocycles. The molecule has 0 aliphatic carbocycles. The molecule has 0 bridgehead atoms. The van der Waals surface area contributed by atoms with Gasteiger partial charge < -0.3 is 23.8 Å². The zero-order valence-corrected chi connectivity index (χ0v) is 16.2. The summed E-state index contributed by atoms with van der Waals surface area (Å²) >= 11 is 0. The lowest BCUT2D eigenvalue weighted by molar-refractivity contribution is -0.132. The van der Waals surface area contributed by atoms with Gasteiger partial charge in [-0.2, -0.15) is 0 Å². The molecule has 2 aromatic rings. The molecular weight excluding hydrogens is 346 g/mol. The lowest BCUT2D eigenvalue weighted by Gasteiger charge is -2.37. The van der Waals surface area contributed by atoms with Crippen molar-refractivity contribution in [2.45, 2.75) is 19.4 Å². The average molecular weight is 371 g/mol. The number of carbonyl (C=O) groups is 1. The first-order valence-corrected chi connectivity index (χ1v) is 8.86. The molecule has 0 unspecified atom stereocenters. The summed E-state index contributed by atoms with van der Waals surface area (Å²) in [4.78, 5) is 14.1. The number of amides is 1. The van der Waals surface area contributed by atoms with E-state index in [0.29, 0.717) is 36.1 Å². The molecule has 1 heterocycles. The summed E-state index contributed by atoms with van der Waals surface area (Å²) < 4.78 is 22.3. The summed E-state index contributed by atoms with van der Waals surface area (Å²) in [6.07, 6.45) is 0.764. The SMILES string of the molecule is COc1cc2c(cc1OC)[C@H](COc1ccccc1OC)N(C(C)=O)CC2. The van der Waals surface area contributed by atoms with Crippen molar-refractivity contribution >= 4 is 5.91 Å². The van der Waals surface area contributed by atoms with Gasteiger partial charge in [0.05, 0.1) is 27.4 Å². The Bertz CT molecular complexity index is 820. The summed E-state index contributed by atoms with van der Waals surface area (Å²) in [6, 6.07) is 11.2. The summed E-state index contributed by atoms with van der Waals surface area (Å²) in [5.74, 6) is 2.66. The molecule has 27 heavy (non-hydrogen) atoms. The van der Waals surface area contributed by atoms with Crippen LogP contribution < -0.4 is 18.9 Å². The van der Waals surface area contributed by atoms with Gasteiger partial charge in [-0.1, -0.05) is 12.1 Å². The van der Waals surface area contributed by atoms with Crippen molar-refractivity contribution in [3.63, 3.8) is 0 Å². The highest BCUT2D eigenvalue weighted by Crippen LogP contribution is 2.39. The molecule has 3 rings (SSSR count). The van der Waals surface area contributed by atoms with Crippen LogP contribution >= 0.6 is 0 Å². The quantitative estimate of drug-likeness (QED) is 0.780. The Kier molecular flexibility index (Phi) is 5.74. The van der Waals surface area contributed by atoms with Crippen LogP contribution in [0.3, 0.4) is 0 Å². The van der Waals surface area contributed by atoms with E-state index in [2.05, 4.69) is 0 Å². The molecule has 0 N–H and O–H groups in total. The number of ether oxygens (including phenoxy) is 4. The van der Waals surface area contributed by atoms with Crippen molar-refractivity contribution in [2.75, 3.05) is 34.5 Å². The van der Waals surface area contributed by atoms with Gasteiger partial charge in [0.15, 0.2) is 23.0 Å². The highest BCUT2D eigenvalue weighted by atomic mass is 16.5. The minimum atomic E-state index is -0.212. The van der Waals surface area contributed by atoms with Crippen molar-refractivity contribution in [2.24, 2.45) is 0 Å². The molecule has 144 valence electrons. The van der Waals surface area contributed by atoms with Crippen LogP contribution in [-0.4, -0.2) is 45.3 Å². The van der Waals surface area contributed by atoms with E-state index < -0.39 is 0 Å². The number of para-hydroxylation sites is 2. The van der Waals surface area contributed by atoms with Crippen LogP contribution in [0.4, 0.5) is 0 Å². The van der Waals surface area contributed by atoms with E-state index in [9.17, 15) is 4.79 Å². The van der Waals surface area contributed by atoms with Crippen LogP contribution in [-0.2, 0) is 11.2 Å². The molecular formula is C21H25NO5. The Morgan fingerprint density at radius 3 is 2.26 bits per heavy atom. The van der Waals surface area contributed by atoms with Gasteiger partial charge in [0.1, 0.15) is 6.61 Å². The topological polar surface area (TPSA) is 57.2 Å². The van der Waals surface area contributed by atoms with E-state index in [-0.39, 0.29) is 11.9 Å². The van der Waals surface area contributed by atoms with Crippen LogP contribution in [0, 0.1) is 0 Å². The maximum atomic E-state index is 12.2. The van der Waals surface area contributed by atoms with Gasteiger partial charge in [0.25, 0.3) is 0 Å². The number of nitrogens with zero attached hydrogens (tertiary/aromatic N) is 1. The minimum absolute atomic E-state index is 0.0176. The summed E-state index contributed by atoms with van der Waals surface area (Å²) in [5.41, 5.74) is 2.16. The number of rotatable bonds is 6. The van der Waals surface area contributed by atoms with E-state index in [1.54, 1.807) is 28.3 Å². The van der Waals surface area contributed by atoms with Crippen LogP contribution in [0.5, 0.6) is 23.0 Å². The first-order chi connectivity index (χ1) is 13.1. The Labute approximate surface area is 159 Å². The lowest BCUT2D eigenvalue weighted by atomic mass is 9.92. The van der Waals surface area contributed by atoms with E-state index in [1.165, 1.54) is 0 Å². The molecule has 0 radical (unpaired) electrons. The van der Waals surface area contributed by atoms with E-state index in [0.717, 1.165) is 17.5 Å². The highest BCUT2D eigenvalue weighted by Gasteiger charge is 2.31. The van der Waals surface area contributed by atoms with Crippen molar-refractivity contribution in [1.82, 2.24) is 4.90 Å². The second-order valence-electron chi connectivity index (χ2n) is 6.35. The maximum Gasteiger partial charge on any atom is 0.220 e. The molecule has 0 fully saturated rings. The number of hydrogen-bond acceptors (Lipinski definition) is 5. The molecule has 0 aromatic heterocycles. The minimum Gasteiger partial charge on any atom is -0.493 e. The summed E-state index contributed by atoms with van der Waals surface area (Å²) in [6.45, 7) is 2.54. The van der Waals surface area contributed by atoms with Crippen LogP contribution in [0.25, 0.3) is 0 Å². The Morgan fingerprint density at radius 1 is 1.00 bits per heavy atom. The van der Waals surface area contributed by atoms with Gasteiger partial charge in [0, 0.05) is 13.5 Å². The average Bonchev–Trinajstić information content (AvgIpc) is 2.70. The largest absolute Gasteiger partial charge is 0.493 e. The summed E-state index contributed by atoms with van der Waals surface area (Å²) in [7, 11) is 4.84. The summed E-state index contributed by atoms with van der Waals surface area (Å²) in [5, 5.41) is 0. The predicted molar refractivity (Wildman–Crippen MR) is 102 cm³/mol. The standard InChI is InChI=1S/C21H25NO5/c1-14(23)22-10-9-15-11-20(25-3)21(26-4)12-16(15)17(22)13-27-19-8-6-5-7-18(19)24-2/h5-8,11-12,17H,9-10,13H2,1-4H3/t17-/m0/s1. The van der Waals surface area contributed by atoms with E-state index in [1.807, 2.05) is 41.3 Å². The van der Waals surface area contributed by atoms with Gasteiger partial charge in [-0.25, -0.2) is 0 Å². The second-order valence-corrected chi connectivity index (χ2v) is 6.35. The van der Waals surface area contributed by atoms with E-state index in [4.69, 9.17) is 18.9 Å². The third kappa shape index (κ3) is 3.79. The molecule has 1 amide bonds. The molecule has 1 atom stereocenters. The fraction of sp³-hybridized carbons (Fsp3) is 0.381. The third-order valence-electron chi connectivity index (χ3n) is 4.87. The van der Waals surface area contributed by atoms with Gasteiger partial charge in [-0.3, -0.25) is 4.79 Å². The number of hydrogen-bond donors (Lipinski definition) is 0. The normalized spacial score (nSPS) is 15.7. The van der Waals surface area contributed by atoms with Gasteiger partial charge in [0.2, 0.25) is 5.91 Å². The third-order valence-corrected chi connectivity index (χ3v) is 4.87. The molecule has 1 aliphatic rings. The molecule has 1 aliphatic heterocycles. The van der Waals surface area contributed by atoms with Gasteiger partial charge >= 0.3 is 0 Å². The zero-order chi connectivity index (χ0) is 19.4. The van der Waals surface area contributed by atoms with E-state index >= 15 is 0 Å². The Balaban J connectivity index is 1.94. The molecule has 2 aromatic carbocycles. The van der Waals surface area contributed by atoms with Crippen LogP contribution in [0.2, 0.25) is 0 Å². The Morgan fingerprint density at radius 2 is 1.63 bits per heavy atom. The van der Waals surface area contributed by atoms with Crippen molar-refractivity contribution in [3.05, 3.63) is 47.5 Å². The molecule has 6 heteroatoms. The number of fused-ring (bicyclic) bond motifs is 1. The zero-order valence-electron chi connectivity index (χ0n) is 16.2. The maximum absolute atomic E-state index is 12.2. The first-order valence-electron chi connectivity index (χ1n) is 8.86. The number of carbonyl (C=O) groups excluding carboxylic acids is 1. The van der Waals surface area contributed by atoms with Crippen LogP contribution in [0.15, 0.2) is 36.4 Å². The predicted octanol–water partition coefficient (Wildman–Crippen LogP) is 3.24. The Hall–Kier alpha value is -2.89. The van der Waals surface area contributed by atoms with Crippen molar-refractivity contribution in [3.8, 4) is 23.0 Å². The van der Waals surface area contributed by atoms with Gasteiger partial charge in [-0.05, 0) is 41.8 Å². The molecule has 0 spiro atoms. The van der Waals surface area contributed by atoms with Crippen LogP contribution in [0.1, 0.15) is 24.1 Å². The number of methoxy groups -OCH3 is 3. The molecule has 0 saturated carbocycles. The van der Waals surface area contributed by atoms with Gasteiger partial charge in [-0.15, -0.1) is 0 Å². The highest BCUT2D eigenvalue weighted by molar-refractivity contribution is 5.74. The molecule has 6 nitrogen and oxygen atoms in total. The fourth-order valence-electron chi connectivity index (χ4n) is 3.49.